The van der Waals surface area contributed by atoms with Gasteiger partial charge in [0.25, 0.3) is 0 Å². The molecule has 1 unspecified atom stereocenters. The molecular formula is C14H17N3O2. The molecule has 19 heavy (non-hydrogen) atoms. The lowest BCUT2D eigenvalue weighted by atomic mass is 10.1. The minimum atomic E-state index is -0.889. The molecule has 2 rings (SSSR count). The number of aryl methyl sites for hydroxylation is 1. The van der Waals surface area contributed by atoms with Crippen molar-refractivity contribution in [1.29, 1.82) is 0 Å². The summed E-state index contributed by atoms with van der Waals surface area (Å²) >= 11 is 0. The quantitative estimate of drug-likeness (QED) is 0.896. The second-order valence-electron chi connectivity index (χ2n) is 4.38. The van der Waals surface area contributed by atoms with E-state index in [1.54, 1.807) is 6.20 Å². The molecule has 0 bridgehead atoms. The molecule has 100 valence electrons. The Labute approximate surface area is 111 Å². The van der Waals surface area contributed by atoms with Gasteiger partial charge in [0.05, 0.1) is 11.9 Å². The van der Waals surface area contributed by atoms with Crippen molar-refractivity contribution < 1.29 is 9.90 Å². The topological polar surface area (TPSA) is 68.0 Å². The first-order valence-corrected chi connectivity index (χ1v) is 6.39. The number of nitrogens with zero attached hydrogens (tertiary/aromatic N) is 3. The highest BCUT2D eigenvalue weighted by atomic mass is 16.4. The molecule has 1 aromatic heterocycles. The van der Waals surface area contributed by atoms with Crippen LogP contribution in [0.25, 0.3) is 11.3 Å². The number of carboxylic acid groups (broad SMARTS) is 1. The highest BCUT2D eigenvalue weighted by Crippen LogP contribution is 2.23. The Morgan fingerprint density at radius 2 is 2.00 bits per heavy atom. The number of hydrogen-bond acceptors (Lipinski definition) is 3. The molecular weight excluding hydrogens is 242 g/mol. The van der Waals surface area contributed by atoms with Crippen LogP contribution in [0.2, 0.25) is 0 Å². The molecule has 0 saturated heterocycles. The maximum absolute atomic E-state index is 11.2. The molecule has 1 aromatic carbocycles. The van der Waals surface area contributed by atoms with Crippen LogP contribution in [0.5, 0.6) is 0 Å². The second-order valence-corrected chi connectivity index (χ2v) is 4.38. The van der Waals surface area contributed by atoms with Crippen LogP contribution in [0, 0.1) is 0 Å². The van der Waals surface area contributed by atoms with Crippen molar-refractivity contribution in [2.75, 3.05) is 0 Å². The normalized spacial score (nSPS) is 12.3. The van der Waals surface area contributed by atoms with Gasteiger partial charge in [-0.25, -0.2) is 9.48 Å². The second kappa shape index (κ2) is 5.65. The molecule has 0 aliphatic heterocycles. The van der Waals surface area contributed by atoms with Crippen LogP contribution < -0.4 is 0 Å². The third kappa shape index (κ3) is 2.65. The van der Waals surface area contributed by atoms with Gasteiger partial charge in [0.2, 0.25) is 0 Å². The highest BCUT2D eigenvalue weighted by Gasteiger charge is 2.21. The zero-order valence-corrected chi connectivity index (χ0v) is 11.1. The average molecular weight is 259 g/mol. The van der Waals surface area contributed by atoms with Crippen LogP contribution in [-0.4, -0.2) is 26.1 Å². The summed E-state index contributed by atoms with van der Waals surface area (Å²) in [7, 11) is 0. The van der Waals surface area contributed by atoms with Crippen LogP contribution in [0.15, 0.2) is 30.5 Å². The van der Waals surface area contributed by atoms with Crippen LogP contribution in [0.3, 0.4) is 0 Å². The van der Waals surface area contributed by atoms with Crippen LogP contribution in [0.4, 0.5) is 0 Å². The number of carbonyl (C=O) groups is 1. The maximum atomic E-state index is 11.2. The van der Waals surface area contributed by atoms with Gasteiger partial charge in [0, 0.05) is 5.56 Å². The van der Waals surface area contributed by atoms with Gasteiger partial charge in [-0.2, -0.15) is 0 Å². The monoisotopic (exact) mass is 259 g/mol. The fraction of sp³-hybridized carbons (Fsp3) is 0.357. The summed E-state index contributed by atoms with van der Waals surface area (Å²) in [6, 6.07) is 7.34. The molecule has 0 amide bonds. The molecule has 0 saturated carbocycles. The van der Waals surface area contributed by atoms with Gasteiger partial charge in [-0.1, -0.05) is 43.3 Å². The van der Waals surface area contributed by atoms with Gasteiger partial charge in [0.15, 0.2) is 6.04 Å². The molecule has 1 heterocycles. The largest absolute Gasteiger partial charge is 0.480 e. The van der Waals surface area contributed by atoms with E-state index in [2.05, 4.69) is 17.2 Å². The van der Waals surface area contributed by atoms with Crippen LogP contribution >= 0.6 is 0 Å². The van der Waals surface area contributed by atoms with E-state index < -0.39 is 12.0 Å². The first kappa shape index (κ1) is 13.3. The summed E-state index contributed by atoms with van der Waals surface area (Å²) in [5, 5.41) is 17.0. The van der Waals surface area contributed by atoms with Crippen LogP contribution in [-0.2, 0) is 11.2 Å². The van der Waals surface area contributed by atoms with Crippen molar-refractivity contribution in [1.82, 2.24) is 15.0 Å². The number of benzene rings is 1. The Morgan fingerprint density at radius 1 is 1.32 bits per heavy atom. The number of rotatable bonds is 5. The Bertz CT molecular complexity index is 560. The van der Waals surface area contributed by atoms with E-state index in [-0.39, 0.29) is 0 Å². The van der Waals surface area contributed by atoms with Gasteiger partial charge in [-0.15, -0.1) is 5.10 Å². The molecule has 0 radical (unpaired) electrons. The van der Waals surface area contributed by atoms with Gasteiger partial charge in [-0.3, -0.25) is 0 Å². The maximum Gasteiger partial charge on any atom is 0.328 e. The molecule has 0 aliphatic carbocycles. The predicted molar refractivity (Wildman–Crippen MR) is 71.8 cm³/mol. The van der Waals surface area contributed by atoms with E-state index >= 15 is 0 Å². The fourth-order valence-corrected chi connectivity index (χ4v) is 2.04. The minimum absolute atomic E-state index is 0.471. The fourth-order valence-electron chi connectivity index (χ4n) is 2.04. The van der Waals surface area contributed by atoms with Gasteiger partial charge >= 0.3 is 5.97 Å². The number of hydrogen-bond donors (Lipinski definition) is 1. The predicted octanol–water partition coefficient (Wildman–Crippen LogP) is 2.54. The minimum Gasteiger partial charge on any atom is -0.480 e. The summed E-state index contributed by atoms with van der Waals surface area (Å²) < 4.78 is 1.48. The van der Waals surface area contributed by atoms with Crippen molar-refractivity contribution in [2.24, 2.45) is 0 Å². The Hall–Kier alpha value is -2.17. The van der Waals surface area contributed by atoms with Crippen molar-refractivity contribution in [3.63, 3.8) is 0 Å². The lowest BCUT2D eigenvalue weighted by molar-refractivity contribution is -0.141. The van der Waals surface area contributed by atoms with Gasteiger partial charge in [-0.05, 0) is 18.4 Å². The van der Waals surface area contributed by atoms with E-state index in [1.807, 2.05) is 31.2 Å². The Kier molecular flexibility index (Phi) is 3.94. The van der Waals surface area contributed by atoms with E-state index in [1.165, 1.54) is 10.2 Å². The Morgan fingerprint density at radius 3 is 2.53 bits per heavy atom. The first-order chi connectivity index (χ1) is 9.17. The van der Waals surface area contributed by atoms with E-state index in [9.17, 15) is 9.90 Å². The smallest absolute Gasteiger partial charge is 0.328 e. The molecule has 2 aromatic rings. The van der Waals surface area contributed by atoms with E-state index in [0.717, 1.165) is 17.7 Å². The summed E-state index contributed by atoms with van der Waals surface area (Å²) in [5.41, 5.74) is 2.91. The third-order valence-corrected chi connectivity index (χ3v) is 3.20. The molecule has 1 N–H and O–H groups in total. The number of aliphatic carboxylic acids is 1. The third-order valence-electron chi connectivity index (χ3n) is 3.20. The standard InChI is InChI=1S/C14H17N3O2/c1-3-10-5-7-11(8-6-10)13-9-15-16-17(13)12(4-2)14(18)19/h5-9,12H,3-4H2,1-2H3,(H,18,19). The van der Waals surface area contributed by atoms with Gasteiger partial charge in [0.1, 0.15) is 0 Å². The molecule has 1 atom stereocenters. The first-order valence-electron chi connectivity index (χ1n) is 6.39. The van der Waals surface area contributed by atoms with Crippen molar-refractivity contribution in [2.45, 2.75) is 32.7 Å². The van der Waals surface area contributed by atoms with Gasteiger partial charge < -0.3 is 5.11 Å². The highest BCUT2D eigenvalue weighted by molar-refractivity contribution is 5.73. The lowest BCUT2D eigenvalue weighted by Gasteiger charge is -2.13. The van der Waals surface area contributed by atoms with Crippen LogP contribution in [0.1, 0.15) is 31.9 Å². The average Bonchev–Trinajstić information content (AvgIpc) is 2.88. The Balaban J connectivity index is 2.40. The summed E-state index contributed by atoms with van der Waals surface area (Å²) in [4.78, 5) is 11.2. The molecule has 5 heteroatoms. The number of aromatic nitrogens is 3. The van der Waals surface area contributed by atoms with Crippen molar-refractivity contribution >= 4 is 5.97 Å². The summed E-state index contributed by atoms with van der Waals surface area (Å²) in [6.07, 6.45) is 3.05. The number of carboxylic acids is 1. The van der Waals surface area contributed by atoms with E-state index in [0.29, 0.717) is 6.42 Å². The molecule has 0 aliphatic rings. The van der Waals surface area contributed by atoms with E-state index in [4.69, 9.17) is 0 Å². The molecule has 5 nitrogen and oxygen atoms in total. The molecule has 0 spiro atoms. The molecule has 0 fully saturated rings. The lowest BCUT2D eigenvalue weighted by Crippen LogP contribution is -2.20. The summed E-state index contributed by atoms with van der Waals surface area (Å²) in [5.74, 6) is -0.889. The SMILES string of the molecule is CCc1ccc(-c2cnnn2C(CC)C(=O)O)cc1. The summed E-state index contributed by atoms with van der Waals surface area (Å²) in [6.45, 7) is 3.92. The van der Waals surface area contributed by atoms with Crippen molar-refractivity contribution in [3.8, 4) is 11.3 Å². The zero-order valence-electron chi connectivity index (χ0n) is 11.1. The zero-order chi connectivity index (χ0) is 13.8. The van der Waals surface area contributed by atoms with Crippen molar-refractivity contribution in [3.05, 3.63) is 36.0 Å².